The van der Waals surface area contributed by atoms with Gasteiger partial charge < -0.3 is 4.42 Å². The SMILES string of the molecule is O=Cc1cc(Cl)cc2ccoc12. The van der Waals surface area contributed by atoms with Crippen molar-refractivity contribution >= 4 is 28.9 Å². The standard InChI is InChI=1S/C9H5ClO2/c10-8-3-6-1-2-12-9(6)7(4-8)5-11/h1-5H. The van der Waals surface area contributed by atoms with E-state index in [9.17, 15) is 4.79 Å². The molecule has 12 heavy (non-hydrogen) atoms. The monoisotopic (exact) mass is 180 g/mol. The van der Waals surface area contributed by atoms with Crippen molar-refractivity contribution in [1.29, 1.82) is 0 Å². The molecule has 0 aliphatic rings. The largest absolute Gasteiger partial charge is 0.464 e. The minimum Gasteiger partial charge on any atom is -0.464 e. The molecule has 0 bridgehead atoms. The second kappa shape index (κ2) is 2.64. The van der Waals surface area contributed by atoms with Gasteiger partial charge in [0.15, 0.2) is 6.29 Å². The van der Waals surface area contributed by atoms with Gasteiger partial charge in [-0.05, 0) is 18.2 Å². The Labute approximate surface area is 73.7 Å². The molecule has 1 aromatic heterocycles. The van der Waals surface area contributed by atoms with Crippen molar-refractivity contribution in [3.8, 4) is 0 Å². The number of fused-ring (bicyclic) bond motifs is 1. The second-order valence-electron chi connectivity index (χ2n) is 2.45. The van der Waals surface area contributed by atoms with Gasteiger partial charge in [0.25, 0.3) is 0 Å². The summed E-state index contributed by atoms with van der Waals surface area (Å²) in [5.74, 6) is 0. The average Bonchev–Trinajstić information content (AvgIpc) is 2.50. The first-order valence-corrected chi connectivity index (χ1v) is 3.81. The number of furan rings is 1. The van der Waals surface area contributed by atoms with Crippen LogP contribution in [0, 0.1) is 0 Å². The van der Waals surface area contributed by atoms with Crippen LogP contribution in [0.2, 0.25) is 5.02 Å². The van der Waals surface area contributed by atoms with Gasteiger partial charge in [0.1, 0.15) is 5.58 Å². The van der Waals surface area contributed by atoms with Gasteiger partial charge in [0, 0.05) is 10.4 Å². The van der Waals surface area contributed by atoms with Gasteiger partial charge in [0.2, 0.25) is 0 Å². The van der Waals surface area contributed by atoms with Crippen molar-refractivity contribution in [2.45, 2.75) is 0 Å². The first-order chi connectivity index (χ1) is 5.81. The summed E-state index contributed by atoms with van der Waals surface area (Å²) in [6.07, 6.45) is 2.27. The van der Waals surface area contributed by atoms with E-state index in [2.05, 4.69) is 0 Å². The summed E-state index contributed by atoms with van der Waals surface area (Å²) in [7, 11) is 0. The number of halogens is 1. The number of hydrogen-bond donors (Lipinski definition) is 0. The smallest absolute Gasteiger partial charge is 0.153 e. The van der Waals surface area contributed by atoms with E-state index in [1.165, 1.54) is 6.26 Å². The fraction of sp³-hybridized carbons (Fsp3) is 0. The van der Waals surface area contributed by atoms with Gasteiger partial charge in [-0.1, -0.05) is 11.6 Å². The van der Waals surface area contributed by atoms with Crippen LogP contribution in [0.25, 0.3) is 11.0 Å². The molecule has 0 radical (unpaired) electrons. The quantitative estimate of drug-likeness (QED) is 0.632. The van der Waals surface area contributed by atoms with Crippen LogP contribution >= 0.6 is 11.6 Å². The molecule has 0 saturated carbocycles. The Kier molecular flexibility index (Phi) is 1.62. The molecular formula is C9H5ClO2. The van der Waals surface area contributed by atoms with Crippen LogP contribution < -0.4 is 0 Å². The van der Waals surface area contributed by atoms with E-state index in [1.807, 2.05) is 0 Å². The third-order valence-corrected chi connectivity index (χ3v) is 1.89. The molecule has 0 atom stereocenters. The van der Waals surface area contributed by atoms with Crippen LogP contribution in [0.3, 0.4) is 0 Å². The third-order valence-electron chi connectivity index (χ3n) is 1.67. The van der Waals surface area contributed by atoms with E-state index in [4.69, 9.17) is 16.0 Å². The molecule has 1 heterocycles. The van der Waals surface area contributed by atoms with Crippen molar-refractivity contribution in [1.82, 2.24) is 0 Å². The van der Waals surface area contributed by atoms with Crippen LogP contribution in [-0.2, 0) is 0 Å². The van der Waals surface area contributed by atoms with Crippen LogP contribution in [-0.4, -0.2) is 6.29 Å². The van der Waals surface area contributed by atoms with E-state index >= 15 is 0 Å². The Hall–Kier alpha value is -1.28. The van der Waals surface area contributed by atoms with Crippen molar-refractivity contribution in [2.24, 2.45) is 0 Å². The van der Waals surface area contributed by atoms with Crippen molar-refractivity contribution < 1.29 is 9.21 Å². The summed E-state index contributed by atoms with van der Waals surface area (Å²) in [6.45, 7) is 0. The van der Waals surface area contributed by atoms with Crippen LogP contribution in [0.4, 0.5) is 0 Å². The summed E-state index contributed by atoms with van der Waals surface area (Å²) in [5.41, 5.74) is 1.08. The highest BCUT2D eigenvalue weighted by molar-refractivity contribution is 6.31. The zero-order chi connectivity index (χ0) is 8.55. The molecule has 3 heteroatoms. The Balaban J connectivity index is 2.88. The minimum absolute atomic E-state index is 0.488. The lowest BCUT2D eigenvalue weighted by atomic mass is 10.2. The number of carbonyl (C=O) groups excluding carboxylic acids is 1. The lowest BCUT2D eigenvalue weighted by Crippen LogP contribution is -1.79. The molecule has 0 saturated heterocycles. The van der Waals surface area contributed by atoms with Crippen LogP contribution in [0.1, 0.15) is 10.4 Å². The summed E-state index contributed by atoms with van der Waals surface area (Å²) >= 11 is 5.76. The molecular weight excluding hydrogens is 176 g/mol. The minimum atomic E-state index is 0.488. The van der Waals surface area contributed by atoms with Gasteiger partial charge >= 0.3 is 0 Å². The maximum Gasteiger partial charge on any atom is 0.153 e. The van der Waals surface area contributed by atoms with E-state index in [1.54, 1.807) is 18.2 Å². The van der Waals surface area contributed by atoms with Crippen LogP contribution in [0.5, 0.6) is 0 Å². The van der Waals surface area contributed by atoms with Crippen LogP contribution in [0.15, 0.2) is 28.9 Å². The first-order valence-electron chi connectivity index (χ1n) is 3.43. The van der Waals surface area contributed by atoms with E-state index in [-0.39, 0.29) is 0 Å². The van der Waals surface area contributed by atoms with Gasteiger partial charge in [-0.15, -0.1) is 0 Å². The fourth-order valence-electron chi connectivity index (χ4n) is 1.16. The third kappa shape index (κ3) is 1.01. The zero-order valence-corrected chi connectivity index (χ0v) is 6.84. The van der Waals surface area contributed by atoms with Crippen molar-refractivity contribution in [3.63, 3.8) is 0 Å². The normalized spacial score (nSPS) is 10.4. The highest BCUT2D eigenvalue weighted by Crippen LogP contribution is 2.23. The molecule has 2 nitrogen and oxygen atoms in total. The van der Waals surface area contributed by atoms with Gasteiger partial charge in [-0.3, -0.25) is 4.79 Å². The predicted octanol–water partition coefficient (Wildman–Crippen LogP) is 2.90. The molecule has 2 rings (SSSR count). The number of rotatable bonds is 1. The first kappa shape index (κ1) is 7.37. The Morgan fingerprint density at radius 1 is 1.42 bits per heavy atom. The summed E-state index contributed by atoms with van der Waals surface area (Å²) in [4.78, 5) is 10.6. The number of carbonyl (C=O) groups is 1. The molecule has 0 fully saturated rings. The Morgan fingerprint density at radius 2 is 2.25 bits per heavy atom. The maximum atomic E-state index is 10.6. The van der Waals surface area contributed by atoms with Crippen molar-refractivity contribution in [2.75, 3.05) is 0 Å². The molecule has 0 unspecified atom stereocenters. The summed E-state index contributed by atoms with van der Waals surface area (Å²) < 4.78 is 5.11. The second-order valence-corrected chi connectivity index (χ2v) is 2.89. The summed E-state index contributed by atoms with van der Waals surface area (Å²) in [6, 6.07) is 5.11. The lowest BCUT2D eigenvalue weighted by Gasteiger charge is -1.93. The Bertz CT molecular complexity index is 431. The fourth-order valence-corrected chi connectivity index (χ4v) is 1.39. The topological polar surface area (TPSA) is 30.2 Å². The zero-order valence-electron chi connectivity index (χ0n) is 6.08. The Morgan fingerprint density at radius 3 is 3.00 bits per heavy atom. The van der Waals surface area contributed by atoms with Gasteiger partial charge in [-0.2, -0.15) is 0 Å². The predicted molar refractivity (Wildman–Crippen MR) is 46.6 cm³/mol. The average molecular weight is 181 g/mol. The highest BCUT2D eigenvalue weighted by atomic mass is 35.5. The molecule has 60 valence electrons. The molecule has 1 aromatic carbocycles. The van der Waals surface area contributed by atoms with E-state index in [0.29, 0.717) is 16.2 Å². The van der Waals surface area contributed by atoms with Gasteiger partial charge in [0.05, 0.1) is 11.8 Å². The molecule has 0 N–H and O–H groups in total. The number of benzene rings is 1. The molecule has 0 amide bonds. The lowest BCUT2D eigenvalue weighted by molar-refractivity contribution is 0.112. The molecule has 2 aromatic rings. The molecule has 0 aliphatic heterocycles. The summed E-state index contributed by atoms with van der Waals surface area (Å²) in [5, 5.41) is 1.40. The number of aldehydes is 1. The highest BCUT2D eigenvalue weighted by Gasteiger charge is 2.04. The van der Waals surface area contributed by atoms with E-state index in [0.717, 1.165) is 11.7 Å². The molecule has 0 spiro atoms. The van der Waals surface area contributed by atoms with Gasteiger partial charge in [-0.25, -0.2) is 0 Å². The molecule has 0 aliphatic carbocycles. The van der Waals surface area contributed by atoms with E-state index < -0.39 is 0 Å². The van der Waals surface area contributed by atoms with Crippen molar-refractivity contribution in [3.05, 3.63) is 35.0 Å². The number of hydrogen-bond acceptors (Lipinski definition) is 2. The maximum absolute atomic E-state index is 10.6.